The van der Waals surface area contributed by atoms with Crippen molar-refractivity contribution in [3.8, 4) is 0 Å². The number of nitrogens with zero attached hydrogens (tertiary/aromatic N) is 2. The maximum Gasteiger partial charge on any atom is 0.361 e. The molecule has 0 radical (unpaired) electrons. The van der Waals surface area contributed by atoms with Crippen molar-refractivity contribution in [3.05, 3.63) is 34.3 Å². The standard InChI is InChI=1S/C13H13BrN2O4/c1-8-7-13(19,12(18)20-2)16(15-8)11(17)9-3-5-10(14)6-4-9/h3-6,19H,7H2,1-2H3/t13-/m1/s1. The van der Waals surface area contributed by atoms with Crippen molar-refractivity contribution >= 4 is 33.5 Å². The molecular formula is C13H13BrN2O4. The van der Waals surface area contributed by atoms with Crippen molar-refractivity contribution in [3.63, 3.8) is 0 Å². The Kier molecular flexibility index (Phi) is 3.92. The van der Waals surface area contributed by atoms with Crippen LogP contribution in [-0.2, 0) is 9.53 Å². The Balaban J connectivity index is 2.36. The second kappa shape index (κ2) is 5.34. The van der Waals surface area contributed by atoms with Crippen LogP contribution in [0, 0.1) is 0 Å². The van der Waals surface area contributed by atoms with E-state index in [0.29, 0.717) is 11.3 Å². The third-order valence-electron chi connectivity index (χ3n) is 2.92. The second-order valence-corrected chi connectivity index (χ2v) is 5.36. The van der Waals surface area contributed by atoms with Crippen molar-refractivity contribution in [1.29, 1.82) is 0 Å². The van der Waals surface area contributed by atoms with Gasteiger partial charge in [0, 0.05) is 22.2 Å². The summed E-state index contributed by atoms with van der Waals surface area (Å²) in [6.45, 7) is 1.63. The lowest BCUT2D eigenvalue weighted by Crippen LogP contribution is -2.52. The van der Waals surface area contributed by atoms with E-state index in [1.807, 2.05) is 0 Å². The zero-order chi connectivity index (χ0) is 14.9. The Morgan fingerprint density at radius 1 is 1.40 bits per heavy atom. The minimum Gasteiger partial charge on any atom is -0.465 e. The number of amides is 1. The van der Waals surface area contributed by atoms with Crippen molar-refractivity contribution in [2.45, 2.75) is 19.1 Å². The van der Waals surface area contributed by atoms with E-state index in [-0.39, 0.29) is 6.42 Å². The largest absolute Gasteiger partial charge is 0.465 e. The molecule has 0 unspecified atom stereocenters. The number of hydrogen-bond donors (Lipinski definition) is 1. The molecule has 20 heavy (non-hydrogen) atoms. The van der Waals surface area contributed by atoms with Crippen molar-refractivity contribution in [2.75, 3.05) is 7.11 Å². The normalized spacial score (nSPS) is 21.6. The predicted octanol–water partition coefficient (Wildman–Crippen LogP) is 1.53. The molecule has 1 aromatic carbocycles. The number of hydrazone groups is 1. The number of carbonyl (C=O) groups is 2. The highest BCUT2D eigenvalue weighted by molar-refractivity contribution is 9.10. The Morgan fingerprint density at radius 2 is 2.00 bits per heavy atom. The third kappa shape index (κ3) is 2.46. The molecule has 1 aliphatic rings. The highest BCUT2D eigenvalue weighted by Crippen LogP contribution is 2.28. The summed E-state index contributed by atoms with van der Waals surface area (Å²) in [6, 6.07) is 6.54. The van der Waals surface area contributed by atoms with Crippen molar-refractivity contribution in [1.82, 2.24) is 5.01 Å². The van der Waals surface area contributed by atoms with E-state index in [2.05, 4.69) is 25.8 Å². The first kappa shape index (κ1) is 14.7. The van der Waals surface area contributed by atoms with Crippen LogP contribution < -0.4 is 0 Å². The molecule has 0 aromatic heterocycles. The molecule has 0 aliphatic carbocycles. The quantitative estimate of drug-likeness (QED) is 0.828. The van der Waals surface area contributed by atoms with Crippen LogP contribution in [0.4, 0.5) is 0 Å². The van der Waals surface area contributed by atoms with Gasteiger partial charge in [-0.15, -0.1) is 0 Å². The van der Waals surface area contributed by atoms with Crippen LogP contribution in [0.1, 0.15) is 23.7 Å². The fourth-order valence-corrected chi connectivity index (χ4v) is 2.23. The molecule has 0 spiro atoms. The summed E-state index contributed by atoms with van der Waals surface area (Å²) in [4.78, 5) is 24.1. The van der Waals surface area contributed by atoms with Crippen LogP contribution in [0.15, 0.2) is 33.8 Å². The van der Waals surface area contributed by atoms with Gasteiger partial charge in [-0.1, -0.05) is 15.9 Å². The monoisotopic (exact) mass is 340 g/mol. The molecule has 0 saturated carbocycles. The van der Waals surface area contributed by atoms with E-state index in [0.717, 1.165) is 16.6 Å². The van der Waals surface area contributed by atoms with E-state index < -0.39 is 17.6 Å². The first-order valence-corrected chi connectivity index (χ1v) is 6.63. The van der Waals surface area contributed by atoms with Crippen molar-refractivity contribution in [2.24, 2.45) is 5.10 Å². The first-order valence-electron chi connectivity index (χ1n) is 5.83. The molecule has 7 heteroatoms. The molecule has 1 atom stereocenters. The average molecular weight is 341 g/mol. The molecule has 1 aliphatic heterocycles. The highest BCUT2D eigenvalue weighted by Gasteiger charge is 2.51. The Bertz CT molecular complexity index is 585. The molecule has 1 heterocycles. The summed E-state index contributed by atoms with van der Waals surface area (Å²) in [5.74, 6) is -1.48. The zero-order valence-electron chi connectivity index (χ0n) is 11.0. The minimum atomic E-state index is -2.08. The lowest BCUT2D eigenvalue weighted by atomic mass is 10.1. The van der Waals surface area contributed by atoms with Gasteiger partial charge in [-0.3, -0.25) is 4.79 Å². The van der Waals surface area contributed by atoms with Crippen LogP contribution in [0.25, 0.3) is 0 Å². The van der Waals surface area contributed by atoms with Crippen LogP contribution in [0.3, 0.4) is 0 Å². The molecule has 0 bridgehead atoms. The van der Waals surface area contributed by atoms with Gasteiger partial charge in [0.1, 0.15) is 0 Å². The van der Waals surface area contributed by atoms with E-state index >= 15 is 0 Å². The summed E-state index contributed by atoms with van der Waals surface area (Å²) in [5, 5.41) is 15.1. The number of hydrogen-bond acceptors (Lipinski definition) is 5. The van der Waals surface area contributed by atoms with E-state index in [9.17, 15) is 14.7 Å². The summed E-state index contributed by atoms with van der Waals surface area (Å²) >= 11 is 3.27. The van der Waals surface area contributed by atoms with Crippen LogP contribution >= 0.6 is 15.9 Å². The van der Waals surface area contributed by atoms with Gasteiger partial charge in [-0.25, -0.2) is 4.79 Å². The molecule has 2 rings (SSSR count). The zero-order valence-corrected chi connectivity index (χ0v) is 12.5. The lowest BCUT2D eigenvalue weighted by molar-refractivity contribution is -0.176. The van der Waals surface area contributed by atoms with Crippen molar-refractivity contribution < 1.29 is 19.4 Å². The molecule has 0 saturated heterocycles. The summed E-state index contributed by atoms with van der Waals surface area (Å²) < 4.78 is 5.38. The summed E-state index contributed by atoms with van der Waals surface area (Å²) in [6.07, 6.45) is -0.0675. The minimum absolute atomic E-state index is 0.0675. The molecular weight excluding hydrogens is 328 g/mol. The predicted molar refractivity (Wildman–Crippen MR) is 75.0 cm³/mol. The number of carbonyl (C=O) groups excluding carboxylic acids is 2. The van der Waals surface area contributed by atoms with Gasteiger partial charge in [0.2, 0.25) is 0 Å². The van der Waals surface area contributed by atoms with E-state index in [1.54, 1.807) is 31.2 Å². The molecule has 0 fully saturated rings. The maximum atomic E-state index is 12.4. The number of aliphatic hydroxyl groups is 1. The fourth-order valence-electron chi connectivity index (χ4n) is 1.97. The van der Waals surface area contributed by atoms with Gasteiger partial charge in [-0.05, 0) is 31.2 Å². The Labute approximate surface area is 124 Å². The van der Waals surface area contributed by atoms with Gasteiger partial charge in [0.05, 0.1) is 7.11 Å². The maximum absolute atomic E-state index is 12.4. The average Bonchev–Trinajstić information content (AvgIpc) is 2.74. The number of benzene rings is 1. The molecule has 1 N–H and O–H groups in total. The Morgan fingerprint density at radius 3 is 2.55 bits per heavy atom. The van der Waals surface area contributed by atoms with Crippen LogP contribution in [0.2, 0.25) is 0 Å². The highest BCUT2D eigenvalue weighted by atomic mass is 79.9. The Hall–Kier alpha value is -1.73. The second-order valence-electron chi connectivity index (χ2n) is 4.44. The van der Waals surface area contributed by atoms with E-state index in [4.69, 9.17) is 0 Å². The molecule has 6 nitrogen and oxygen atoms in total. The fraction of sp³-hybridized carbons (Fsp3) is 0.308. The summed E-state index contributed by atoms with van der Waals surface area (Å²) in [7, 11) is 1.15. The van der Waals surface area contributed by atoms with Crippen LogP contribution in [-0.4, -0.2) is 40.5 Å². The first-order chi connectivity index (χ1) is 9.38. The number of methoxy groups -OCH3 is 1. The van der Waals surface area contributed by atoms with Gasteiger partial charge in [-0.2, -0.15) is 10.1 Å². The van der Waals surface area contributed by atoms with Gasteiger partial charge >= 0.3 is 5.97 Å². The van der Waals surface area contributed by atoms with E-state index in [1.165, 1.54) is 0 Å². The van der Waals surface area contributed by atoms with Crippen LogP contribution in [0.5, 0.6) is 0 Å². The molecule has 1 aromatic rings. The number of rotatable bonds is 2. The SMILES string of the molecule is COC(=O)[C@]1(O)CC(C)=NN1C(=O)c1ccc(Br)cc1. The summed E-state index contributed by atoms with van der Waals surface area (Å²) in [5.41, 5.74) is -1.29. The molecule has 106 valence electrons. The topological polar surface area (TPSA) is 79.2 Å². The van der Waals surface area contributed by atoms with Gasteiger partial charge in [0.15, 0.2) is 0 Å². The van der Waals surface area contributed by atoms with Gasteiger partial charge in [0.25, 0.3) is 11.6 Å². The number of esters is 1. The number of ether oxygens (including phenoxy) is 1. The smallest absolute Gasteiger partial charge is 0.361 e. The third-order valence-corrected chi connectivity index (χ3v) is 3.45. The molecule has 1 amide bonds. The van der Waals surface area contributed by atoms with Gasteiger partial charge < -0.3 is 9.84 Å². The lowest BCUT2D eigenvalue weighted by Gasteiger charge is -2.28. The number of halogens is 1.